The third-order valence-corrected chi connectivity index (χ3v) is 11.2. The van der Waals surface area contributed by atoms with Gasteiger partial charge in [-0.05, 0) is 12.8 Å². The van der Waals surface area contributed by atoms with Crippen LogP contribution < -0.4 is 12.4 Å². The number of hydrogen-bond donors (Lipinski definition) is 3. The second kappa shape index (κ2) is 22.4. The van der Waals surface area contributed by atoms with Crippen LogP contribution in [0.5, 0.6) is 0 Å². The van der Waals surface area contributed by atoms with Gasteiger partial charge in [-0.25, -0.2) is 0 Å². The van der Waals surface area contributed by atoms with E-state index in [0.29, 0.717) is 6.42 Å². The molecule has 1 unspecified atom stereocenters. The summed E-state index contributed by atoms with van der Waals surface area (Å²) in [4.78, 5) is 29.6. The van der Waals surface area contributed by atoms with E-state index in [1.807, 2.05) is 0 Å². The smallest absolute Gasteiger partial charge is 0.666 e. The summed E-state index contributed by atoms with van der Waals surface area (Å²) in [6.45, 7) is 4.25. The van der Waals surface area contributed by atoms with Crippen LogP contribution in [0.4, 0.5) is 0 Å². The molecule has 0 aromatic rings. The predicted octanol–water partition coefficient (Wildman–Crippen LogP) is 2.38. The van der Waals surface area contributed by atoms with Crippen molar-refractivity contribution >= 4 is 17.9 Å². The number of unbranched alkanes of at least 4 members (excludes halogenated alkanes) is 15. The van der Waals surface area contributed by atoms with Crippen molar-refractivity contribution in [3.63, 3.8) is 0 Å². The summed E-state index contributed by atoms with van der Waals surface area (Å²) in [6.07, 6.45) is 22.8. The minimum absolute atomic E-state index is 0. The molecule has 10 heteroatoms. The summed E-state index contributed by atoms with van der Waals surface area (Å²) in [5, 5.41) is 0. The van der Waals surface area contributed by atoms with Crippen LogP contribution in [0, 0.1) is 0 Å². The first kappa shape index (κ1) is 37.6. The average molecular weight is 560 g/mol. The highest BCUT2D eigenvalue weighted by Gasteiger charge is 2.49. The van der Waals surface area contributed by atoms with Gasteiger partial charge in [-0.15, -0.1) is 0 Å². The maximum Gasteiger partial charge on any atom is 0.666 e. The Morgan fingerprint density at radius 1 is 0.571 bits per heavy atom. The molecule has 0 saturated carbocycles. The topological polar surface area (TPSA) is 88.4 Å². The minimum Gasteiger partial charge on any atom is -1.00 e. The summed E-state index contributed by atoms with van der Waals surface area (Å²) >= 11 is 0. The summed E-state index contributed by atoms with van der Waals surface area (Å²) in [7, 11) is -1.05. The number of quaternary nitrogens is 1. The van der Waals surface area contributed by atoms with Gasteiger partial charge >= 0.3 is 17.9 Å². The van der Waals surface area contributed by atoms with E-state index in [9.17, 15) is 14.4 Å². The highest BCUT2D eigenvalue weighted by atomic mass is 35.5. The lowest BCUT2D eigenvalue weighted by Gasteiger charge is -2.31. The molecule has 0 aromatic carbocycles. The predicted molar refractivity (Wildman–Crippen MR) is 144 cm³/mol. The van der Waals surface area contributed by atoms with Gasteiger partial charge < -0.3 is 44.2 Å². The van der Waals surface area contributed by atoms with Crippen molar-refractivity contribution < 1.29 is 44.2 Å². The second-order valence-electron chi connectivity index (χ2n) is 10.6. The van der Waals surface area contributed by atoms with E-state index >= 15 is 0 Å². The molecule has 0 saturated heterocycles. The standard InChI is InChI=1S/C25H58NO6Si2.ClH/c1-6-7-8-9-10-11-12-13-14-15-16-17-18-19-20-21-23-26(2,3)24-22-25-33(27,30-4)32-34(28,29)31-5;/h27-29H,6-25H2,1-5H3;1H/q+1;/p-1. The zero-order chi connectivity index (χ0) is 25.8. The molecule has 1 atom stereocenters. The Morgan fingerprint density at radius 2 is 0.943 bits per heavy atom. The van der Waals surface area contributed by atoms with Gasteiger partial charge in [0.15, 0.2) is 0 Å². The summed E-state index contributed by atoms with van der Waals surface area (Å²) < 4.78 is 15.5. The molecule has 0 fully saturated rings. The molecule has 0 amide bonds. The monoisotopic (exact) mass is 559 g/mol. The van der Waals surface area contributed by atoms with Crippen molar-refractivity contribution in [3.8, 4) is 0 Å². The van der Waals surface area contributed by atoms with Gasteiger partial charge in [-0.2, -0.15) is 0 Å². The number of rotatable bonds is 25. The fourth-order valence-corrected chi connectivity index (χ4v) is 7.92. The SMILES string of the molecule is CCCCCCCCCCCCCCCCCC[N+](C)(C)CCC[Si](O)(OC)O[Si](O)(O)OC.[Cl-]. The molecule has 0 bridgehead atoms. The summed E-state index contributed by atoms with van der Waals surface area (Å²) in [6, 6.07) is 0.281. The van der Waals surface area contributed by atoms with Crippen molar-refractivity contribution in [2.75, 3.05) is 41.4 Å². The number of halogens is 1. The van der Waals surface area contributed by atoms with Crippen molar-refractivity contribution in [2.24, 2.45) is 0 Å². The normalized spacial score (nSPS) is 14.1. The number of nitrogens with zero attached hydrogens (tertiary/aromatic N) is 1. The Balaban J connectivity index is 0. The van der Waals surface area contributed by atoms with Crippen molar-refractivity contribution in [2.45, 2.75) is 122 Å². The van der Waals surface area contributed by atoms with Gasteiger partial charge in [0.05, 0.1) is 27.2 Å². The van der Waals surface area contributed by atoms with E-state index in [0.717, 1.165) is 24.7 Å². The van der Waals surface area contributed by atoms with Crippen LogP contribution in [0.25, 0.3) is 0 Å². The molecule has 7 nitrogen and oxygen atoms in total. The molecule has 0 radical (unpaired) electrons. The molecule has 0 rings (SSSR count). The van der Waals surface area contributed by atoms with E-state index in [1.165, 1.54) is 110 Å². The molecular weight excluding hydrogens is 502 g/mol. The lowest BCUT2D eigenvalue weighted by molar-refractivity contribution is -0.890. The fourth-order valence-electron chi connectivity index (χ4n) is 4.37. The van der Waals surface area contributed by atoms with E-state index in [-0.39, 0.29) is 18.5 Å². The van der Waals surface area contributed by atoms with Crippen LogP contribution in [0.2, 0.25) is 6.04 Å². The van der Waals surface area contributed by atoms with Crippen LogP contribution in [0.15, 0.2) is 0 Å². The second-order valence-corrected chi connectivity index (χ2v) is 15.2. The Hall–Kier alpha value is 0.444. The van der Waals surface area contributed by atoms with Gasteiger partial charge in [0, 0.05) is 26.7 Å². The summed E-state index contributed by atoms with van der Waals surface area (Å²) in [5.74, 6) is 0. The Kier molecular flexibility index (Phi) is 24.1. The third-order valence-electron chi connectivity index (χ3n) is 6.75. The molecule has 0 aliphatic heterocycles. The lowest BCUT2D eigenvalue weighted by Crippen LogP contribution is -3.00. The fraction of sp³-hybridized carbons (Fsp3) is 1.00. The van der Waals surface area contributed by atoms with Crippen molar-refractivity contribution in [3.05, 3.63) is 0 Å². The zero-order valence-electron chi connectivity index (χ0n) is 23.5. The van der Waals surface area contributed by atoms with Crippen molar-refractivity contribution in [1.82, 2.24) is 0 Å². The Bertz CT molecular complexity index is 477. The van der Waals surface area contributed by atoms with Gasteiger partial charge in [-0.3, -0.25) is 0 Å². The van der Waals surface area contributed by atoms with E-state index in [4.69, 9.17) is 8.54 Å². The van der Waals surface area contributed by atoms with Gasteiger partial charge in [0.1, 0.15) is 0 Å². The third kappa shape index (κ3) is 23.3. The minimum atomic E-state index is -4.30. The lowest BCUT2D eigenvalue weighted by atomic mass is 10.0. The largest absolute Gasteiger partial charge is 1.00 e. The molecule has 0 spiro atoms. The van der Waals surface area contributed by atoms with Gasteiger partial charge in [0.2, 0.25) is 0 Å². The maximum absolute atomic E-state index is 10.4. The maximum atomic E-state index is 10.4. The quantitative estimate of drug-likeness (QED) is 0.0904. The molecule has 0 heterocycles. The van der Waals surface area contributed by atoms with Crippen LogP contribution >= 0.6 is 0 Å². The first-order valence-corrected chi connectivity index (χ1v) is 17.6. The van der Waals surface area contributed by atoms with Crippen LogP contribution in [-0.4, -0.2) is 78.1 Å². The average Bonchev–Trinajstić information content (AvgIpc) is 2.78. The van der Waals surface area contributed by atoms with Crippen LogP contribution in [-0.2, 0) is 13.0 Å². The summed E-state index contributed by atoms with van der Waals surface area (Å²) in [5.41, 5.74) is 0. The van der Waals surface area contributed by atoms with E-state index in [1.54, 1.807) is 0 Å². The highest BCUT2D eigenvalue weighted by Crippen LogP contribution is 2.18. The molecule has 3 N–H and O–H groups in total. The zero-order valence-corrected chi connectivity index (χ0v) is 26.3. The van der Waals surface area contributed by atoms with Crippen LogP contribution in [0.1, 0.15) is 116 Å². The Labute approximate surface area is 225 Å². The molecule has 214 valence electrons. The first-order valence-electron chi connectivity index (χ1n) is 13.9. The molecule has 0 aliphatic carbocycles. The molecule has 0 aromatic heterocycles. The first-order chi connectivity index (χ1) is 16.1. The Morgan fingerprint density at radius 3 is 1.31 bits per heavy atom. The van der Waals surface area contributed by atoms with Crippen molar-refractivity contribution in [1.29, 1.82) is 0 Å². The number of hydrogen-bond acceptors (Lipinski definition) is 6. The van der Waals surface area contributed by atoms with Gasteiger partial charge in [-0.1, -0.05) is 96.8 Å². The van der Waals surface area contributed by atoms with Crippen LogP contribution in [0.3, 0.4) is 0 Å². The highest BCUT2D eigenvalue weighted by molar-refractivity contribution is 6.70. The molecular formula is C25H58ClNO6Si2. The molecule has 35 heavy (non-hydrogen) atoms. The van der Waals surface area contributed by atoms with Gasteiger partial charge in [0.25, 0.3) is 0 Å². The van der Waals surface area contributed by atoms with E-state index in [2.05, 4.69) is 25.4 Å². The van der Waals surface area contributed by atoms with E-state index < -0.39 is 17.9 Å². The molecule has 0 aliphatic rings.